The summed E-state index contributed by atoms with van der Waals surface area (Å²) < 4.78 is 38.4. The summed E-state index contributed by atoms with van der Waals surface area (Å²) in [5, 5.41) is 6.01. The number of carbonyl (C=O) groups excluding carboxylic acids is 1. The smallest absolute Gasteiger partial charge is 0.315 e. The van der Waals surface area contributed by atoms with Crippen molar-refractivity contribution in [2.45, 2.75) is 50.0 Å². The zero-order valence-corrected chi connectivity index (χ0v) is 16.7. The lowest BCUT2D eigenvalue weighted by Crippen LogP contribution is -2.46. The van der Waals surface area contributed by atoms with Gasteiger partial charge in [0.05, 0.1) is 24.3 Å². The number of amides is 2. The molecule has 4 unspecified atom stereocenters. The molecule has 0 radical (unpaired) electrons. The molecular formula is C23H26F2N2O3. The summed E-state index contributed by atoms with van der Waals surface area (Å²) in [5.74, 6) is -0.659. The average Bonchev–Trinajstić information content (AvgIpc) is 3.46. The van der Waals surface area contributed by atoms with E-state index in [0.717, 1.165) is 36.8 Å². The van der Waals surface area contributed by atoms with Gasteiger partial charge in [0.2, 0.25) is 0 Å². The molecule has 30 heavy (non-hydrogen) atoms. The SMILES string of the molecule is O=C(NC(c1ccc(F)cc1)C1CCCO1)NC(c1ccc(F)cc1)C1CCCO1. The van der Waals surface area contributed by atoms with E-state index in [-0.39, 0.29) is 29.9 Å². The molecular weight excluding hydrogens is 390 g/mol. The van der Waals surface area contributed by atoms with Crippen molar-refractivity contribution in [2.75, 3.05) is 13.2 Å². The van der Waals surface area contributed by atoms with E-state index in [2.05, 4.69) is 10.6 Å². The van der Waals surface area contributed by atoms with Crippen LogP contribution in [0.25, 0.3) is 0 Å². The van der Waals surface area contributed by atoms with Gasteiger partial charge in [-0.3, -0.25) is 0 Å². The number of urea groups is 1. The number of benzene rings is 2. The van der Waals surface area contributed by atoms with Crippen LogP contribution < -0.4 is 10.6 Å². The Kier molecular flexibility index (Phi) is 6.59. The Balaban J connectivity index is 1.51. The minimum atomic E-state index is -0.397. The highest BCUT2D eigenvalue weighted by Crippen LogP contribution is 2.29. The van der Waals surface area contributed by atoms with Crippen molar-refractivity contribution >= 4 is 6.03 Å². The van der Waals surface area contributed by atoms with Crippen molar-refractivity contribution in [3.05, 3.63) is 71.3 Å². The van der Waals surface area contributed by atoms with Crippen molar-refractivity contribution in [1.82, 2.24) is 10.6 Å². The number of nitrogens with one attached hydrogen (secondary N) is 2. The number of hydrogen-bond donors (Lipinski definition) is 2. The molecule has 0 spiro atoms. The molecule has 2 amide bonds. The first-order valence-electron chi connectivity index (χ1n) is 10.4. The van der Waals surface area contributed by atoms with Crippen LogP contribution >= 0.6 is 0 Å². The lowest BCUT2D eigenvalue weighted by atomic mass is 9.98. The van der Waals surface area contributed by atoms with Crippen molar-refractivity contribution in [2.24, 2.45) is 0 Å². The zero-order chi connectivity index (χ0) is 20.9. The number of rotatable bonds is 6. The highest BCUT2D eigenvalue weighted by Gasteiger charge is 2.32. The van der Waals surface area contributed by atoms with Crippen molar-refractivity contribution in [3.63, 3.8) is 0 Å². The average molecular weight is 416 g/mol. The van der Waals surface area contributed by atoms with E-state index in [1.54, 1.807) is 24.3 Å². The summed E-state index contributed by atoms with van der Waals surface area (Å²) in [4.78, 5) is 13.0. The van der Waals surface area contributed by atoms with E-state index >= 15 is 0 Å². The van der Waals surface area contributed by atoms with Crippen LogP contribution in [-0.2, 0) is 9.47 Å². The Morgan fingerprint density at radius 3 is 1.50 bits per heavy atom. The zero-order valence-electron chi connectivity index (χ0n) is 16.7. The molecule has 4 atom stereocenters. The summed E-state index contributed by atoms with van der Waals surface area (Å²) in [5.41, 5.74) is 1.57. The molecule has 2 saturated heterocycles. The highest BCUT2D eigenvalue weighted by atomic mass is 19.1. The van der Waals surface area contributed by atoms with E-state index in [1.165, 1.54) is 24.3 Å². The van der Waals surface area contributed by atoms with Gasteiger partial charge in [0.25, 0.3) is 0 Å². The Hall–Kier alpha value is -2.51. The second kappa shape index (κ2) is 9.53. The van der Waals surface area contributed by atoms with Gasteiger partial charge in [-0.2, -0.15) is 0 Å². The summed E-state index contributed by atoms with van der Waals surface area (Å²) in [6.45, 7) is 1.28. The minimum Gasteiger partial charge on any atom is -0.376 e. The van der Waals surface area contributed by atoms with Gasteiger partial charge in [0.15, 0.2) is 0 Å². The predicted octanol–water partition coefficient (Wildman–Crippen LogP) is 4.40. The summed E-state index contributed by atoms with van der Waals surface area (Å²) in [6, 6.07) is 11.0. The molecule has 0 bridgehead atoms. The molecule has 0 saturated carbocycles. The van der Waals surface area contributed by atoms with Crippen molar-refractivity contribution in [3.8, 4) is 0 Å². The Morgan fingerprint density at radius 2 is 1.17 bits per heavy atom. The van der Waals surface area contributed by atoms with E-state index in [4.69, 9.17) is 9.47 Å². The van der Waals surface area contributed by atoms with Crippen LogP contribution in [0.15, 0.2) is 48.5 Å². The Labute approximate surface area is 174 Å². The van der Waals surface area contributed by atoms with Gasteiger partial charge >= 0.3 is 6.03 Å². The minimum absolute atomic E-state index is 0.173. The van der Waals surface area contributed by atoms with E-state index < -0.39 is 12.1 Å². The molecule has 2 aromatic rings. The molecule has 2 heterocycles. The first-order chi connectivity index (χ1) is 14.6. The second-order valence-corrected chi connectivity index (χ2v) is 7.78. The maximum Gasteiger partial charge on any atom is 0.315 e. The monoisotopic (exact) mass is 416 g/mol. The molecule has 2 aliphatic heterocycles. The topological polar surface area (TPSA) is 59.6 Å². The van der Waals surface area contributed by atoms with E-state index in [1.807, 2.05) is 0 Å². The molecule has 0 aromatic heterocycles. The molecule has 0 aliphatic carbocycles. The third-order valence-electron chi connectivity index (χ3n) is 5.70. The molecule has 5 nitrogen and oxygen atoms in total. The predicted molar refractivity (Wildman–Crippen MR) is 108 cm³/mol. The maximum absolute atomic E-state index is 13.4. The van der Waals surface area contributed by atoms with Crippen molar-refractivity contribution < 1.29 is 23.0 Å². The van der Waals surface area contributed by atoms with Gasteiger partial charge in [-0.05, 0) is 61.1 Å². The lowest BCUT2D eigenvalue weighted by molar-refractivity contribution is 0.0734. The first-order valence-corrected chi connectivity index (χ1v) is 10.4. The summed E-state index contributed by atoms with van der Waals surface area (Å²) in [7, 11) is 0. The first kappa shape index (κ1) is 20.8. The number of halogens is 2. The highest BCUT2D eigenvalue weighted by molar-refractivity contribution is 5.75. The largest absolute Gasteiger partial charge is 0.376 e. The molecule has 2 fully saturated rings. The van der Waals surface area contributed by atoms with Crippen LogP contribution in [0.1, 0.15) is 48.9 Å². The molecule has 2 aromatic carbocycles. The molecule has 160 valence electrons. The van der Waals surface area contributed by atoms with Crippen LogP contribution in [0.3, 0.4) is 0 Å². The van der Waals surface area contributed by atoms with Gasteiger partial charge in [-0.25, -0.2) is 13.6 Å². The Morgan fingerprint density at radius 1 is 0.767 bits per heavy atom. The molecule has 2 N–H and O–H groups in total. The fourth-order valence-corrected chi connectivity index (χ4v) is 4.18. The van der Waals surface area contributed by atoms with Crippen LogP contribution in [0.2, 0.25) is 0 Å². The number of ether oxygens (including phenoxy) is 2. The second-order valence-electron chi connectivity index (χ2n) is 7.78. The van der Waals surface area contributed by atoms with Gasteiger partial charge in [-0.1, -0.05) is 24.3 Å². The van der Waals surface area contributed by atoms with Gasteiger partial charge < -0.3 is 20.1 Å². The van der Waals surface area contributed by atoms with Gasteiger partial charge in [0, 0.05) is 13.2 Å². The van der Waals surface area contributed by atoms with Gasteiger partial charge in [0.1, 0.15) is 11.6 Å². The third kappa shape index (κ3) is 4.96. The molecule has 4 rings (SSSR count). The van der Waals surface area contributed by atoms with E-state index in [9.17, 15) is 13.6 Å². The van der Waals surface area contributed by atoms with Crippen molar-refractivity contribution in [1.29, 1.82) is 0 Å². The molecule has 2 aliphatic rings. The molecule has 7 heteroatoms. The Bertz CT molecular complexity index is 763. The fraction of sp³-hybridized carbons (Fsp3) is 0.435. The van der Waals surface area contributed by atoms with Crippen LogP contribution in [0.4, 0.5) is 13.6 Å². The standard InChI is InChI=1S/C23H26F2N2O3/c24-17-9-5-15(6-10-17)21(19-3-1-13-29-19)26-23(28)27-22(20-4-2-14-30-20)16-7-11-18(25)12-8-16/h5-12,19-22H,1-4,13-14H2,(H2,26,27,28). The summed E-state index contributed by atoms with van der Waals surface area (Å²) in [6.07, 6.45) is 3.12. The van der Waals surface area contributed by atoms with Gasteiger partial charge in [-0.15, -0.1) is 0 Å². The van der Waals surface area contributed by atoms with E-state index in [0.29, 0.717) is 13.2 Å². The number of carbonyl (C=O) groups is 1. The lowest BCUT2D eigenvalue weighted by Gasteiger charge is -2.28. The number of hydrogen-bond acceptors (Lipinski definition) is 3. The maximum atomic E-state index is 13.4. The van der Waals surface area contributed by atoms with Crippen LogP contribution in [0, 0.1) is 11.6 Å². The fourth-order valence-electron chi connectivity index (χ4n) is 4.18. The normalized spacial score (nSPS) is 23.1. The van der Waals surface area contributed by atoms with Crippen LogP contribution in [0.5, 0.6) is 0 Å². The van der Waals surface area contributed by atoms with Crippen LogP contribution in [-0.4, -0.2) is 31.5 Å². The quantitative estimate of drug-likeness (QED) is 0.734. The third-order valence-corrected chi connectivity index (χ3v) is 5.70. The summed E-state index contributed by atoms with van der Waals surface area (Å²) >= 11 is 0.